The van der Waals surface area contributed by atoms with E-state index in [1.807, 2.05) is 35.8 Å². The number of nitrogens with one attached hydrogen (secondary N) is 1. The Hall–Kier alpha value is -2.04. The molecule has 0 radical (unpaired) electrons. The highest BCUT2D eigenvalue weighted by atomic mass is 16.1. The van der Waals surface area contributed by atoms with Crippen molar-refractivity contribution < 1.29 is 4.79 Å². The van der Waals surface area contributed by atoms with Crippen LogP contribution in [0.5, 0.6) is 0 Å². The van der Waals surface area contributed by atoms with Crippen molar-refractivity contribution in [2.24, 2.45) is 0 Å². The molecule has 0 aliphatic rings. The van der Waals surface area contributed by atoms with Gasteiger partial charge in [-0.1, -0.05) is 19.1 Å². The van der Waals surface area contributed by atoms with Crippen LogP contribution < -0.4 is 11.1 Å². The molecule has 2 rings (SSSR count). The van der Waals surface area contributed by atoms with Crippen LogP contribution in [0.3, 0.4) is 0 Å². The largest absolute Gasteiger partial charge is 0.369 e. The van der Waals surface area contributed by atoms with Gasteiger partial charge in [0.15, 0.2) is 0 Å². The summed E-state index contributed by atoms with van der Waals surface area (Å²) in [4.78, 5) is 15.4. The maximum Gasteiger partial charge on any atom is 0.219 e. The SMILES string of the molecule is CCC(=O)NCCn1c(N)nc2ccccc21. The van der Waals surface area contributed by atoms with E-state index >= 15 is 0 Å². The Balaban J connectivity index is 2.12. The number of rotatable bonds is 4. The second kappa shape index (κ2) is 4.86. The normalized spacial score (nSPS) is 10.6. The minimum atomic E-state index is 0.0491. The number of benzene rings is 1. The zero-order valence-corrected chi connectivity index (χ0v) is 9.81. The lowest BCUT2D eigenvalue weighted by molar-refractivity contribution is -0.120. The molecule has 1 heterocycles. The Morgan fingerprint density at radius 3 is 3.00 bits per heavy atom. The summed E-state index contributed by atoms with van der Waals surface area (Å²) in [6, 6.07) is 7.77. The van der Waals surface area contributed by atoms with Crippen LogP contribution >= 0.6 is 0 Å². The summed E-state index contributed by atoms with van der Waals surface area (Å²) in [5.74, 6) is 0.532. The number of aromatic nitrogens is 2. The molecule has 90 valence electrons. The van der Waals surface area contributed by atoms with Crippen LogP contribution in [0.1, 0.15) is 13.3 Å². The lowest BCUT2D eigenvalue weighted by Crippen LogP contribution is -2.26. The molecule has 5 heteroatoms. The Kier molecular flexibility index (Phi) is 3.27. The van der Waals surface area contributed by atoms with Gasteiger partial charge < -0.3 is 15.6 Å². The van der Waals surface area contributed by atoms with Gasteiger partial charge in [-0.15, -0.1) is 0 Å². The zero-order valence-electron chi connectivity index (χ0n) is 9.81. The summed E-state index contributed by atoms with van der Waals surface area (Å²) in [7, 11) is 0. The number of imidazole rings is 1. The molecule has 0 aliphatic carbocycles. The van der Waals surface area contributed by atoms with Crippen molar-refractivity contribution >= 4 is 22.9 Å². The summed E-state index contributed by atoms with van der Waals surface area (Å²) < 4.78 is 1.91. The number of para-hydroxylation sites is 2. The third-order valence-electron chi connectivity index (χ3n) is 2.66. The molecule has 0 unspecified atom stereocenters. The average Bonchev–Trinajstić information content (AvgIpc) is 2.66. The maximum absolute atomic E-state index is 11.1. The van der Waals surface area contributed by atoms with Crippen LogP contribution in [-0.4, -0.2) is 22.0 Å². The molecule has 0 spiro atoms. The molecular formula is C12H16N4O. The first-order valence-corrected chi connectivity index (χ1v) is 5.70. The number of carbonyl (C=O) groups excluding carboxylic acids is 1. The van der Waals surface area contributed by atoms with E-state index in [9.17, 15) is 4.79 Å². The number of amides is 1. The molecule has 1 amide bonds. The van der Waals surface area contributed by atoms with Crippen LogP contribution in [0.25, 0.3) is 11.0 Å². The van der Waals surface area contributed by atoms with Crippen molar-refractivity contribution in [3.05, 3.63) is 24.3 Å². The first kappa shape index (κ1) is 11.4. The van der Waals surface area contributed by atoms with E-state index in [1.165, 1.54) is 0 Å². The van der Waals surface area contributed by atoms with E-state index in [-0.39, 0.29) is 5.91 Å². The first-order valence-electron chi connectivity index (χ1n) is 5.70. The van der Waals surface area contributed by atoms with Crippen LogP contribution in [-0.2, 0) is 11.3 Å². The minimum absolute atomic E-state index is 0.0491. The van der Waals surface area contributed by atoms with Crippen molar-refractivity contribution in [3.8, 4) is 0 Å². The summed E-state index contributed by atoms with van der Waals surface area (Å²) in [6.07, 6.45) is 0.500. The van der Waals surface area contributed by atoms with Crippen molar-refractivity contribution in [2.75, 3.05) is 12.3 Å². The second-order valence-corrected chi connectivity index (χ2v) is 3.81. The quantitative estimate of drug-likeness (QED) is 0.830. The van der Waals surface area contributed by atoms with Gasteiger partial charge >= 0.3 is 0 Å². The van der Waals surface area contributed by atoms with Crippen molar-refractivity contribution in [1.82, 2.24) is 14.9 Å². The fourth-order valence-corrected chi connectivity index (χ4v) is 1.76. The molecule has 3 N–H and O–H groups in total. The van der Waals surface area contributed by atoms with Crippen molar-refractivity contribution in [1.29, 1.82) is 0 Å². The lowest BCUT2D eigenvalue weighted by atomic mass is 10.3. The molecule has 5 nitrogen and oxygen atoms in total. The molecule has 0 aliphatic heterocycles. The van der Waals surface area contributed by atoms with Gasteiger partial charge in [-0.25, -0.2) is 4.98 Å². The molecule has 2 aromatic rings. The Morgan fingerprint density at radius 1 is 1.47 bits per heavy atom. The highest BCUT2D eigenvalue weighted by Crippen LogP contribution is 2.16. The van der Waals surface area contributed by atoms with E-state index in [1.54, 1.807) is 0 Å². The molecule has 1 aromatic carbocycles. The predicted octanol–water partition coefficient (Wildman–Crippen LogP) is 1.14. The van der Waals surface area contributed by atoms with Crippen molar-refractivity contribution in [3.63, 3.8) is 0 Å². The smallest absolute Gasteiger partial charge is 0.219 e. The first-order chi connectivity index (χ1) is 8.22. The number of anilines is 1. The Bertz CT molecular complexity index is 532. The van der Waals surface area contributed by atoms with E-state index < -0.39 is 0 Å². The maximum atomic E-state index is 11.1. The van der Waals surface area contributed by atoms with E-state index in [0.29, 0.717) is 25.5 Å². The number of nitrogens with two attached hydrogens (primary N) is 1. The van der Waals surface area contributed by atoms with Gasteiger partial charge in [0.1, 0.15) is 0 Å². The van der Waals surface area contributed by atoms with Crippen LogP contribution in [0, 0.1) is 0 Å². The number of hydrogen-bond acceptors (Lipinski definition) is 3. The summed E-state index contributed by atoms with van der Waals surface area (Å²) in [6.45, 7) is 3.03. The number of nitrogen functional groups attached to an aromatic ring is 1. The van der Waals surface area contributed by atoms with Gasteiger partial charge in [0.05, 0.1) is 11.0 Å². The monoisotopic (exact) mass is 232 g/mol. The molecule has 0 bridgehead atoms. The van der Waals surface area contributed by atoms with Gasteiger partial charge in [-0.05, 0) is 12.1 Å². The van der Waals surface area contributed by atoms with E-state index in [4.69, 9.17) is 5.73 Å². The molecule has 1 aromatic heterocycles. The zero-order chi connectivity index (χ0) is 12.3. The average molecular weight is 232 g/mol. The number of fused-ring (bicyclic) bond motifs is 1. The molecular weight excluding hydrogens is 216 g/mol. The molecule has 0 saturated carbocycles. The summed E-state index contributed by atoms with van der Waals surface area (Å²) >= 11 is 0. The fraction of sp³-hybridized carbons (Fsp3) is 0.333. The molecule has 17 heavy (non-hydrogen) atoms. The fourth-order valence-electron chi connectivity index (χ4n) is 1.76. The Morgan fingerprint density at radius 2 is 2.24 bits per heavy atom. The van der Waals surface area contributed by atoms with Gasteiger partial charge in [0, 0.05) is 19.5 Å². The molecule has 0 atom stereocenters. The van der Waals surface area contributed by atoms with Gasteiger partial charge in [-0.2, -0.15) is 0 Å². The van der Waals surface area contributed by atoms with Gasteiger partial charge in [0.2, 0.25) is 11.9 Å². The summed E-state index contributed by atoms with van der Waals surface area (Å²) in [5.41, 5.74) is 7.72. The number of hydrogen-bond donors (Lipinski definition) is 2. The highest BCUT2D eigenvalue weighted by molar-refractivity contribution is 5.78. The predicted molar refractivity (Wildman–Crippen MR) is 67.4 cm³/mol. The highest BCUT2D eigenvalue weighted by Gasteiger charge is 2.06. The van der Waals surface area contributed by atoms with E-state index in [0.717, 1.165) is 11.0 Å². The summed E-state index contributed by atoms with van der Waals surface area (Å²) in [5, 5.41) is 2.82. The third kappa shape index (κ3) is 2.38. The van der Waals surface area contributed by atoms with Gasteiger partial charge in [0.25, 0.3) is 0 Å². The standard InChI is InChI=1S/C12H16N4O/c1-2-11(17)14-7-8-16-10-6-4-3-5-9(10)15-12(16)13/h3-6H,2,7-8H2,1H3,(H2,13,15)(H,14,17). The lowest BCUT2D eigenvalue weighted by Gasteiger charge is -2.07. The van der Waals surface area contributed by atoms with E-state index in [2.05, 4.69) is 10.3 Å². The third-order valence-corrected chi connectivity index (χ3v) is 2.66. The van der Waals surface area contributed by atoms with Gasteiger partial charge in [-0.3, -0.25) is 4.79 Å². The van der Waals surface area contributed by atoms with Crippen LogP contribution in [0.15, 0.2) is 24.3 Å². The molecule has 0 fully saturated rings. The topological polar surface area (TPSA) is 72.9 Å². The minimum Gasteiger partial charge on any atom is -0.369 e. The number of carbonyl (C=O) groups is 1. The van der Waals surface area contributed by atoms with Crippen molar-refractivity contribution in [2.45, 2.75) is 19.9 Å². The number of nitrogens with zero attached hydrogens (tertiary/aromatic N) is 2. The van der Waals surface area contributed by atoms with Crippen LogP contribution in [0.4, 0.5) is 5.95 Å². The molecule has 0 saturated heterocycles. The Labute approximate surface area is 99.6 Å². The van der Waals surface area contributed by atoms with Crippen LogP contribution in [0.2, 0.25) is 0 Å². The second-order valence-electron chi connectivity index (χ2n) is 3.81.